The highest BCUT2D eigenvalue weighted by molar-refractivity contribution is 7.14. The van der Waals surface area contributed by atoms with E-state index in [0.29, 0.717) is 23.2 Å². The Labute approximate surface area is 225 Å². The quantitative estimate of drug-likeness (QED) is 0.497. The minimum absolute atomic E-state index is 0.190. The number of nitrogens with one attached hydrogen (secondary N) is 2. The first-order valence-electron chi connectivity index (χ1n) is 12.7. The molecule has 2 fully saturated rings. The molecule has 3 aliphatic rings. The van der Waals surface area contributed by atoms with Gasteiger partial charge in [-0.3, -0.25) is 9.59 Å². The Morgan fingerprint density at radius 2 is 2.13 bits per heavy atom. The fourth-order valence-electron chi connectivity index (χ4n) is 5.65. The molecule has 2 aliphatic heterocycles. The summed E-state index contributed by atoms with van der Waals surface area (Å²) in [6.45, 7) is 3.95. The number of carbonyl (C=O) groups is 2. The fourth-order valence-corrected chi connectivity index (χ4v) is 6.39. The summed E-state index contributed by atoms with van der Waals surface area (Å²) in [5, 5.41) is 17.5. The third-order valence-corrected chi connectivity index (χ3v) is 8.76. The van der Waals surface area contributed by atoms with E-state index >= 15 is 0 Å². The molecule has 2 aromatic carbocycles. The molecule has 1 aromatic heterocycles. The third-order valence-electron chi connectivity index (χ3n) is 8.00. The van der Waals surface area contributed by atoms with Crippen LogP contribution in [-0.2, 0) is 31.7 Å². The number of carbonyl (C=O) groups excluding carboxylic acids is 2. The molecule has 0 spiro atoms. The van der Waals surface area contributed by atoms with Crippen molar-refractivity contribution in [3.05, 3.63) is 70.1 Å². The van der Waals surface area contributed by atoms with Crippen LogP contribution in [0.25, 0.3) is 11.3 Å². The van der Waals surface area contributed by atoms with Crippen molar-refractivity contribution in [3.8, 4) is 17.3 Å². The van der Waals surface area contributed by atoms with Crippen molar-refractivity contribution < 1.29 is 19.1 Å². The lowest BCUT2D eigenvalue weighted by Crippen LogP contribution is -2.34. The lowest BCUT2D eigenvalue weighted by Gasteiger charge is -2.30. The van der Waals surface area contributed by atoms with Crippen LogP contribution in [0.15, 0.2) is 47.8 Å². The first-order valence-corrected chi connectivity index (χ1v) is 13.6. The fraction of sp³-hybridized carbons (Fsp3) is 0.379. The molecule has 3 heterocycles. The van der Waals surface area contributed by atoms with E-state index in [0.717, 1.165) is 42.0 Å². The van der Waals surface area contributed by atoms with Crippen LogP contribution < -0.4 is 10.6 Å². The van der Waals surface area contributed by atoms with Crippen LogP contribution in [0.4, 0.5) is 5.13 Å². The predicted octanol–water partition coefficient (Wildman–Crippen LogP) is 4.17. The molecular weight excluding hydrogens is 500 g/mol. The number of anilines is 1. The molecule has 1 saturated carbocycles. The zero-order valence-corrected chi connectivity index (χ0v) is 21.9. The van der Waals surface area contributed by atoms with E-state index in [9.17, 15) is 14.9 Å². The van der Waals surface area contributed by atoms with E-state index in [1.54, 1.807) is 25.1 Å². The number of rotatable bonds is 6. The molecule has 0 bridgehead atoms. The van der Waals surface area contributed by atoms with Gasteiger partial charge < -0.3 is 20.1 Å². The Morgan fingerprint density at radius 3 is 2.97 bits per heavy atom. The van der Waals surface area contributed by atoms with E-state index in [4.69, 9.17) is 9.47 Å². The first kappa shape index (κ1) is 24.7. The summed E-state index contributed by atoms with van der Waals surface area (Å²) in [5.74, 6) is -0.126. The number of nitriles is 1. The summed E-state index contributed by atoms with van der Waals surface area (Å²) in [6.07, 6.45) is 2.24. The molecule has 2 amide bonds. The highest BCUT2D eigenvalue weighted by atomic mass is 32.1. The van der Waals surface area contributed by atoms with Gasteiger partial charge in [0.15, 0.2) is 5.13 Å². The van der Waals surface area contributed by atoms with Crippen molar-refractivity contribution in [1.29, 1.82) is 5.26 Å². The van der Waals surface area contributed by atoms with Crippen molar-refractivity contribution in [2.45, 2.75) is 37.2 Å². The monoisotopic (exact) mass is 528 g/mol. The molecule has 6 rings (SSSR count). The molecule has 3 aromatic rings. The normalized spacial score (nSPS) is 25.4. The van der Waals surface area contributed by atoms with Gasteiger partial charge in [-0.25, -0.2) is 4.98 Å². The Kier molecular flexibility index (Phi) is 6.26. The Hall–Kier alpha value is -3.58. The molecule has 0 unspecified atom stereocenters. The number of aromatic nitrogens is 1. The van der Waals surface area contributed by atoms with E-state index in [2.05, 4.69) is 39.9 Å². The van der Waals surface area contributed by atoms with Gasteiger partial charge in [0.1, 0.15) is 5.41 Å². The van der Waals surface area contributed by atoms with Crippen molar-refractivity contribution in [2.75, 3.05) is 31.7 Å². The first-order chi connectivity index (χ1) is 18.4. The maximum Gasteiger partial charge on any atom is 0.251 e. The number of hydrogen-bond donors (Lipinski definition) is 2. The topological polar surface area (TPSA) is 113 Å². The van der Waals surface area contributed by atoms with Crippen LogP contribution in [0, 0.1) is 17.2 Å². The second kappa shape index (κ2) is 9.62. The van der Waals surface area contributed by atoms with E-state index < -0.39 is 5.41 Å². The smallest absolute Gasteiger partial charge is 0.251 e. The van der Waals surface area contributed by atoms with Gasteiger partial charge >= 0.3 is 0 Å². The average Bonchev–Trinajstić information content (AvgIpc) is 3.54. The van der Waals surface area contributed by atoms with Gasteiger partial charge in [0.2, 0.25) is 5.91 Å². The van der Waals surface area contributed by atoms with E-state index in [1.165, 1.54) is 23.3 Å². The number of thiazole rings is 1. The molecular formula is C29H28N4O4S. The van der Waals surface area contributed by atoms with Crippen LogP contribution >= 0.6 is 11.3 Å². The number of nitrogens with zero attached hydrogens (tertiary/aromatic N) is 2. The van der Waals surface area contributed by atoms with Crippen molar-refractivity contribution in [3.63, 3.8) is 0 Å². The molecule has 1 saturated heterocycles. The summed E-state index contributed by atoms with van der Waals surface area (Å²) in [5.41, 5.74) is 4.71. The lowest BCUT2D eigenvalue weighted by atomic mass is 9.79. The van der Waals surface area contributed by atoms with Crippen LogP contribution in [0.2, 0.25) is 0 Å². The van der Waals surface area contributed by atoms with Crippen LogP contribution in [0.3, 0.4) is 0 Å². The van der Waals surface area contributed by atoms with Gasteiger partial charge in [-0.15, -0.1) is 11.3 Å². The standard InChI is InChI=1S/C29H28N4O4S/c1-28(16-30)17-37-13-20-6-5-19(10-23(20)28)26(35)31-12-25(34)33-27-32-24(15-38-27)18-3-2-4-21(9-18)29-7-8-36-14-22(29)11-29/h2-6,9-10,15,22H,7-8,11-14,17H2,1H3,(H,31,35)(H,32,33,34)/t22-,28+,29-/m0/s1. The van der Waals surface area contributed by atoms with Crippen LogP contribution in [0.5, 0.6) is 0 Å². The maximum absolute atomic E-state index is 12.7. The van der Waals surface area contributed by atoms with Crippen LogP contribution in [0.1, 0.15) is 46.8 Å². The SMILES string of the molecule is C[C@@]1(C#N)COCc2ccc(C(=O)NCC(=O)Nc3nc(-c4cccc([C@@]56CCOC[C@@H]5C6)c4)cs3)cc21. The molecule has 3 atom stereocenters. The summed E-state index contributed by atoms with van der Waals surface area (Å²) in [6, 6.07) is 16.0. The minimum atomic E-state index is -0.811. The van der Waals surface area contributed by atoms with E-state index in [-0.39, 0.29) is 30.4 Å². The zero-order valence-electron chi connectivity index (χ0n) is 21.1. The largest absolute Gasteiger partial charge is 0.381 e. The van der Waals surface area contributed by atoms with Gasteiger partial charge in [0.05, 0.1) is 38.1 Å². The number of amides is 2. The molecule has 38 heavy (non-hydrogen) atoms. The maximum atomic E-state index is 12.7. The average molecular weight is 529 g/mol. The number of ether oxygens (including phenoxy) is 2. The highest BCUT2D eigenvalue weighted by Gasteiger charge is 2.56. The molecule has 1 aliphatic carbocycles. The zero-order chi connectivity index (χ0) is 26.3. The second-order valence-electron chi connectivity index (χ2n) is 10.5. The minimum Gasteiger partial charge on any atom is -0.381 e. The number of fused-ring (bicyclic) bond motifs is 2. The lowest BCUT2D eigenvalue weighted by molar-refractivity contribution is -0.115. The van der Waals surface area contributed by atoms with Gasteiger partial charge in [-0.05, 0) is 60.6 Å². The van der Waals surface area contributed by atoms with Gasteiger partial charge in [0, 0.05) is 28.5 Å². The summed E-state index contributed by atoms with van der Waals surface area (Å²) in [7, 11) is 0. The second-order valence-corrected chi connectivity index (χ2v) is 11.4. The Balaban J connectivity index is 1.07. The van der Waals surface area contributed by atoms with E-state index in [1.807, 2.05) is 11.4 Å². The number of benzene rings is 2. The molecule has 9 heteroatoms. The summed E-state index contributed by atoms with van der Waals surface area (Å²) in [4.78, 5) is 29.9. The molecule has 8 nitrogen and oxygen atoms in total. The summed E-state index contributed by atoms with van der Waals surface area (Å²) >= 11 is 1.35. The number of hydrogen-bond acceptors (Lipinski definition) is 7. The summed E-state index contributed by atoms with van der Waals surface area (Å²) < 4.78 is 11.1. The molecule has 194 valence electrons. The van der Waals surface area contributed by atoms with Crippen LogP contribution in [-0.4, -0.2) is 43.2 Å². The van der Waals surface area contributed by atoms with Crippen molar-refractivity contribution >= 4 is 28.3 Å². The Morgan fingerprint density at radius 1 is 1.24 bits per heavy atom. The predicted molar refractivity (Wildman–Crippen MR) is 143 cm³/mol. The van der Waals surface area contributed by atoms with Gasteiger partial charge in [-0.2, -0.15) is 5.26 Å². The highest BCUT2D eigenvalue weighted by Crippen LogP contribution is 2.59. The molecule has 0 radical (unpaired) electrons. The van der Waals surface area contributed by atoms with Gasteiger partial charge in [-0.1, -0.05) is 24.3 Å². The van der Waals surface area contributed by atoms with Crippen molar-refractivity contribution in [1.82, 2.24) is 10.3 Å². The third kappa shape index (κ3) is 4.49. The van der Waals surface area contributed by atoms with Crippen molar-refractivity contribution in [2.24, 2.45) is 5.92 Å². The Bertz CT molecular complexity index is 1460. The van der Waals surface area contributed by atoms with Gasteiger partial charge in [0.25, 0.3) is 5.91 Å². The molecule has 2 N–H and O–H groups in total.